The van der Waals surface area contributed by atoms with E-state index in [1.165, 1.54) is 5.56 Å². The molecule has 0 saturated carbocycles. The average Bonchev–Trinajstić information content (AvgIpc) is 2.72. The molecular weight excluding hydrogens is 307 g/mol. The fraction of sp³-hybridized carbons (Fsp3) is 0.294. The summed E-state index contributed by atoms with van der Waals surface area (Å²) >= 11 is 12.9. The molecular formula is C17H16Cl2O2. The van der Waals surface area contributed by atoms with Crippen molar-refractivity contribution in [1.29, 1.82) is 0 Å². The van der Waals surface area contributed by atoms with Crippen molar-refractivity contribution in [3.8, 4) is 11.5 Å². The number of hydrogen-bond acceptors (Lipinski definition) is 2. The van der Waals surface area contributed by atoms with E-state index in [0.29, 0.717) is 24.0 Å². The van der Waals surface area contributed by atoms with Crippen LogP contribution in [0.4, 0.5) is 0 Å². The van der Waals surface area contributed by atoms with Crippen molar-refractivity contribution in [1.82, 2.24) is 0 Å². The van der Waals surface area contributed by atoms with Gasteiger partial charge in [0.2, 0.25) is 0 Å². The topological polar surface area (TPSA) is 18.5 Å². The Morgan fingerprint density at radius 1 is 1.00 bits per heavy atom. The molecule has 0 bridgehead atoms. The van der Waals surface area contributed by atoms with Gasteiger partial charge < -0.3 is 9.47 Å². The maximum Gasteiger partial charge on any atom is 0.162 e. The molecule has 0 radical (unpaired) electrons. The molecule has 1 heterocycles. The fourth-order valence-electron chi connectivity index (χ4n) is 2.37. The maximum atomic E-state index is 6.55. The zero-order chi connectivity index (χ0) is 14.7. The summed E-state index contributed by atoms with van der Waals surface area (Å²) in [5.41, 5.74) is 2.06. The van der Waals surface area contributed by atoms with Crippen LogP contribution in [0.25, 0.3) is 0 Å². The summed E-state index contributed by atoms with van der Waals surface area (Å²) in [6.45, 7) is 1.30. The van der Waals surface area contributed by atoms with E-state index in [9.17, 15) is 0 Å². The van der Waals surface area contributed by atoms with E-state index in [4.69, 9.17) is 32.7 Å². The predicted molar refractivity (Wildman–Crippen MR) is 85.8 cm³/mol. The van der Waals surface area contributed by atoms with E-state index < -0.39 is 0 Å². The Morgan fingerprint density at radius 3 is 2.38 bits per heavy atom. The third-order valence-corrected chi connectivity index (χ3v) is 4.18. The van der Waals surface area contributed by atoms with Gasteiger partial charge in [-0.1, -0.05) is 41.9 Å². The lowest BCUT2D eigenvalue weighted by Gasteiger charge is -2.15. The summed E-state index contributed by atoms with van der Waals surface area (Å²) in [6, 6.07) is 13.8. The standard InChI is InChI=1S/C17H16Cl2O2/c18-14(9-12-5-2-1-3-6-12)13-10-16-17(11-15(13)19)21-8-4-7-20-16/h1-3,5-6,10-11,14H,4,7-9H2. The lowest BCUT2D eigenvalue weighted by molar-refractivity contribution is 0.297. The van der Waals surface area contributed by atoms with Gasteiger partial charge in [-0.3, -0.25) is 0 Å². The zero-order valence-corrected chi connectivity index (χ0v) is 13.0. The molecule has 1 atom stereocenters. The van der Waals surface area contributed by atoms with E-state index in [0.717, 1.165) is 24.2 Å². The van der Waals surface area contributed by atoms with Crippen molar-refractivity contribution >= 4 is 23.2 Å². The van der Waals surface area contributed by atoms with Gasteiger partial charge in [0.25, 0.3) is 0 Å². The van der Waals surface area contributed by atoms with Gasteiger partial charge in [0, 0.05) is 17.5 Å². The van der Waals surface area contributed by atoms with Gasteiger partial charge in [-0.25, -0.2) is 0 Å². The van der Waals surface area contributed by atoms with Gasteiger partial charge in [0.1, 0.15) is 0 Å². The van der Waals surface area contributed by atoms with Crippen molar-refractivity contribution in [2.24, 2.45) is 0 Å². The van der Waals surface area contributed by atoms with Gasteiger partial charge in [-0.05, 0) is 23.6 Å². The van der Waals surface area contributed by atoms with Gasteiger partial charge in [-0.2, -0.15) is 0 Å². The lowest BCUT2D eigenvalue weighted by Crippen LogP contribution is -1.99. The molecule has 0 fully saturated rings. The van der Waals surface area contributed by atoms with Crippen molar-refractivity contribution in [2.45, 2.75) is 18.2 Å². The van der Waals surface area contributed by atoms with Crippen LogP contribution in [0.15, 0.2) is 42.5 Å². The Balaban J connectivity index is 1.86. The largest absolute Gasteiger partial charge is 0.490 e. The first-order valence-corrected chi connectivity index (χ1v) is 7.82. The number of rotatable bonds is 3. The second-order valence-corrected chi connectivity index (χ2v) is 5.96. The van der Waals surface area contributed by atoms with Crippen LogP contribution in [0.1, 0.15) is 22.9 Å². The molecule has 0 N–H and O–H groups in total. The van der Waals surface area contributed by atoms with Crippen LogP contribution in [-0.4, -0.2) is 13.2 Å². The molecule has 3 rings (SSSR count). The fourth-order valence-corrected chi connectivity index (χ4v) is 3.07. The number of hydrogen-bond donors (Lipinski definition) is 0. The predicted octanol–water partition coefficient (Wildman–Crippen LogP) is 5.02. The molecule has 4 heteroatoms. The molecule has 2 nitrogen and oxygen atoms in total. The molecule has 2 aromatic rings. The highest BCUT2D eigenvalue weighted by Crippen LogP contribution is 2.40. The van der Waals surface area contributed by atoms with Crippen LogP contribution in [0, 0.1) is 0 Å². The van der Waals surface area contributed by atoms with Gasteiger partial charge >= 0.3 is 0 Å². The first-order valence-electron chi connectivity index (χ1n) is 7.01. The summed E-state index contributed by atoms with van der Waals surface area (Å²) < 4.78 is 11.3. The molecule has 21 heavy (non-hydrogen) atoms. The quantitative estimate of drug-likeness (QED) is 0.738. The van der Waals surface area contributed by atoms with E-state index >= 15 is 0 Å². The van der Waals surface area contributed by atoms with Crippen molar-refractivity contribution in [3.63, 3.8) is 0 Å². The number of alkyl halides is 1. The third kappa shape index (κ3) is 3.45. The van der Waals surface area contributed by atoms with Crippen molar-refractivity contribution in [3.05, 3.63) is 58.6 Å². The summed E-state index contributed by atoms with van der Waals surface area (Å²) in [5.74, 6) is 1.43. The molecule has 1 aliphatic heterocycles. The molecule has 0 aromatic heterocycles. The van der Waals surface area contributed by atoms with Crippen LogP contribution < -0.4 is 9.47 Å². The molecule has 1 aliphatic rings. The van der Waals surface area contributed by atoms with Crippen LogP contribution in [0.5, 0.6) is 11.5 Å². The third-order valence-electron chi connectivity index (χ3n) is 3.46. The molecule has 110 valence electrons. The Kier molecular flexibility index (Phi) is 4.57. The monoisotopic (exact) mass is 322 g/mol. The van der Waals surface area contributed by atoms with Crippen LogP contribution >= 0.6 is 23.2 Å². The number of halogens is 2. The maximum absolute atomic E-state index is 6.55. The lowest BCUT2D eigenvalue weighted by atomic mass is 10.0. The number of fused-ring (bicyclic) bond motifs is 1. The number of ether oxygens (including phenoxy) is 2. The minimum absolute atomic E-state index is 0.197. The van der Waals surface area contributed by atoms with E-state index in [1.54, 1.807) is 6.07 Å². The van der Waals surface area contributed by atoms with Gasteiger partial charge in [0.15, 0.2) is 11.5 Å². The van der Waals surface area contributed by atoms with Crippen molar-refractivity contribution in [2.75, 3.05) is 13.2 Å². The summed E-state index contributed by atoms with van der Waals surface area (Å²) in [5, 5.41) is 0.423. The molecule has 1 unspecified atom stereocenters. The highest BCUT2D eigenvalue weighted by atomic mass is 35.5. The zero-order valence-electron chi connectivity index (χ0n) is 11.5. The summed E-state index contributed by atoms with van der Waals surface area (Å²) in [7, 11) is 0. The van der Waals surface area contributed by atoms with Gasteiger partial charge in [0.05, 0.1) is 18.6 Å². The Labute approximate surface area is 134 Å². The Hall–Kier alpha value is -1.38. The first kappa shape index (κ1) is 14.6. The van der Waals surface area contributed by atoms with E-state index in [-0.39, 0.29) is 5.38 Å². The van der Waals surface area contributed by atoms with Gasteiger partial charge in [-0.15, -0.1) is 11.6 Å². The summed E-state index contributed by atoms with van der Waals surface area (Å²) in [6.07, 6.45) is 1.59. The average molecular weight is 323 g/mol. The molecule has 0 aliphatic carbocycles. The molecule has 2 aromatic carbocycles. The van der Waals surface area contributed by atoms with Crippen LogP contribution in [-0.2, 0) is 6.42 Å². The van der Waals surface area contributed by atoms with E-state index in [1.807, 2.05) is 24.3 Å². The molecule has 0 spiro atoms. The Bertz CT molecular complexity index is 614. The highest BCUT2D eigenvalue weighted by molar-refractivity contribution is 6.33. The molecule has 0 saturated heterocycles. The molecule has 0 amide bonds. The normalized spacial score (nSPS) is 15.3. The SMILES string of the molecule is Clc1cc2c(cc1C(Cl)Cc1ccccc1)OCCCO2. The smallest absolute Gasteiger partial charge is 0.162 e. The second-order valence-electron chi connectivity index (χ2n) is 5.03. The second kappa shape index (κ2) is 6.59. The first-order chi connectivity index (χ1) is 10.2. The van der Waals surface area contributed by atoms with E-state index in [2.05, 4.69) is 12.1 Å². The number of benzene rings is 2. The minimum Gasteiger partial charge on any atom is -0.490 e. The van der Waals surface area contributed by atoms with Crippen LogP contribution in [0.2, 0.25) is 5.02 Å². The van der Waals surface area contributed by atoms with Crippen LogP contribution in [0.3, 0.4) is 0 Å². The van der Waals surface area contributed by atoms with Crippen molar-refractivity contribution < 1.29 is 9.47 Å². The summed E-state index contributed by atoms with van der Waals surface area (Å²) in [4.78, 5) is 0. The highest BCUT2D eigenvalue weighted by Gasteiger charge is 2.19. The Morgan fingerprint density at radius 2 is 1.67 bits per heavy atom. The minimum atomic E-state index is -0.197.